The molecular formula is C11H16N2O2. The zero-order chi connectivity index (χ0) is 11.3. The monoisotopic (exact) mass is 208 g/mol. The maximum atomic E-state index is 9.36. The van der Waals surface area contributed by atoms with E-state index in [2.05, 4.69) is 10.5 Å². The Morgan fingerprint density at radius 1 is 1.47 bits per heavy atom. The van der Waals surface area contributed by atoms with Gasteiger partial charge in [-0.1, -0.05) is 0 Å². The molecule has 0 radical (unpaired) electrons. The Bertz CT molecular complexity index is 348. The van der Waals surface area contributed by atoms with E-state index in [0.29, 0.717) is 11.8 Å². The first-order valence-corrected chi connectivity index (χ1v) is 4.79. The van der Waals surface area contributed by atoms with E-state index in [1.807, 2.05) is 13.8 Å². The van der Waals surface area contributed by atoms with E-state index >= 15 is 0 Å². The number of ether oxygens (including phenoxy) is 1. The fraction of sp³-hybridized carbons (Fsp3) is 0.364. The molecule has 1 aromatic carbocycles. The molecule has 0 aliphatic heterocycles. The summed E-state index contributed by atoms with van der Waals surface area (Å²) < 4.78 is 4.98. The fourth-order valence-corrected chi connectivity index (χ4v) is 1.04. The molecule has 0 spiro atoms. The number of nitrogens with zero attached hydrogens (tertiary/aromatic N) is 1. The molecular weight excluding hydrogens is 192 g/mol. The van der Waals surface area contributed by atoms with Crippen molar-refractivity contribution in [3.8, 4) is 11.5 Å². The molecule has 4 nitrogen and oxygen atoms in total. The maximum Gasteiger partial charge on any atom is 0.161 e. The SMILES string of the molecule is COc1cc(/C=N/NC(C)C)ccc1O. The molecule has 0 fully saturated rings. The number of phenols is 1. The minimum absolute atomic E-state index is 0.131. The van der Waals surface area contributed by atoms with E-state index in [-0.39, 0.29) is 5.75 Å². The number of hydrogen-bond acceptors (Lipinski definition) is 4. The van der Waals surface area contributed by atoms with Crippen LogP contribution in [-0.2, 0) is 0 Å². The number of phenolic OH excluding ortho intramolecular Hbond substituents is 1. The van der Waals surface area contributed by atoms with Crippen molar-refractivity contribution in [2.45, 2.75) is 19.9 Å². The van der Waals surface area contributed by atoms with Crippen LogP contribution in [0, 0.1) is 0 Å². The fourth-order valence-electron chi connectivity index (χ4n) is 1.04. The molecule has 0 saturated carbocycles. The molecule has 4 heteroatoms. The number of hydrazone groups is 1. The van der Waals surface area contributed by atoms with Gasteiger partial charge in [-0.15, -0.1) is 0 Å². The minimum atomic E-state index is 0.131. The Morgan fingerprint density at radius 2 is 2.20 bits per heavy atom. The third-order valence-corrected chi connectivity index (χ3v) is 1.75. The highest BCUT2D eigenvalue weighted by molar-refractivity contribution is 5.80. The van der Waals surface area contributed by atoms with Gasteiger partial charge in [0.2, 0.25) is 0 Å². The van der Waals surface area contributed by atoms with Crippen molar-refractivity contribution in [2.75, 3.05) is 7.11 Å². The van der Waals surface area contributed by atoms with Crippen LogP contribution in [0.1, 0.15) is 19.4 Å². The van der Waals surface area contributed by atoms with Crippen molar-refractivity contribution < 1.29 is 9.84 Å². The van der Waals surface area contributed by atoms with Gasteiger partial charge in [0.05, 0.1) is 13.3 Å². The zero-order valence-electron chi connectivity index (χ0n) is 9.19. The predicted molar refractivity (Wildman–Crippen MR) is 60.5 cm³/mol. The normalized spacial score (nSPS) is 10.9. The standard InChI is InChI=1S/C11H16N2O2/c1-8(2)13-12-7-9-4-5-10(14)11(6-9)15-3/h4-8,13-14H,1-3H3/b12-7+. The van der Waals surface area contributed by atoms with E-state index < -0.39 is 0 Å². The Labute approximate surface area is 89.6 Å². The zero-order valence-corrected chi connectivity index (χ0v) is 9.19. The molecule has 15 heavy (non-hydrogen) atoms. The van der Waals surface area contributed by atoms with Crippen LogP contribution in [0.25, 0.3) is 0 Å². The minimum Gasteiger partial charge on any atom is -0.504 e. The summed E-state index contributed by atoms with van der Waals surface area (Å²) in [5.74, 6) is 0.579. The van der Waals surface area contributed by atoms with Gasteiger partial charge in [-0.05, 0) is 37.6 Å². The van der Waals surface area contributed by atoms with Crippen LogP contribution in [0.2, 0.25) is 0 Å². The number of aromatic hydroxyl groups is 1. The molecule has 0 aliphatic carbocycles. The number of methoxy groups -OCH3 is 1. The van der Waals surface area contributed by atoms with Gasteiger partial charge in [0.25, 0.3) is 0 Å². The van der Waals surface area contributed by atoms with Crippen LogP contribution in [0.15, 0.2) is 23.3 Å². The summed E-state index contributed by atoms with van der Waals surface area (Å²) in [5.41, 5.74) is 3.79. The number of rotatable bonds is 4. The summed E-state index contributed by atoms with van der Waals surface area (Å²) in [4.78, 5) is 0. The second-order valence-electron chi connectivity index (χ2n) is 3.47. The van der Waals surface area contributed by atoms with Gasteiger partial charge in [-0.25, -0.2) is 0 Å². The molecule has 0 aromatic heterocycles. The largest absolute Gasteiger partial charge is 0.504 e. The molecule has 0 amide bonds. The number of nitrogens with one attached hydrogen (secondary N) is 1. The van der Waals surface area contributed by atoms with Crippen molar-refractivity contribution >= 4 is 6.21 Å². The second-order valence-corrected chi connectivity index (χ2v) is 3.47. The molecule has 0 unspecified atom stereocenters. The first-order chi connectivity index (χ1) is 7.13. The van der Waals surface area contributed by atoms with Crippen LogP contribution in [0.3, 0.4) is 0 Å². The lowest BCUT2D eigenvalue weighted by Gasteiger charge is -2.04. The Hall–Kier alpha value is -1.71. The maximum absolute atomic E-state index is 9.36. The predicted octanol–water partition coefficient (Wildman–Crippen LogP) is 1.73. The third-order valence-electron chi connectivity index (χ3n) is 1.75. The smallest absolute Gasteiger partial charge is 0.161 e. The highest BCUT2D eigenvalue weighted by Crippen LogP contribution is 2.25. The average Bonchev–Trinajstić information content (AvgIpc) is 2.20. The molecule has 0 bridgehead atoms. The first kappa shape index (κ1) is 11.4. The highest BCUT2D eigenvalue weighted by Gasteiger charge is 2.00. The van der Waals surface area contributed by atoms with Crippen LogP contribution in [0.5, 0.6) is 11.5 Å². The summed E-state index contributed by atoms with van der Waals surface area (Å²) in [6.07, 6.45) is 1.68. The quantitative estimate of drug-likeness (QED) is 0.585. The van der Waals surface area contributed by atoms with Gasteiger partial charge in [-0.3, -0.25) is 0 Å². The summed E-state index contributed by atoms with van der Waals surface area (Å²) >= 11 is 0. The molecule has 1 rings (SSSR count). The summed E-state index contributed by atoms with van der Waals surface area (Å²) in [7, 11) is 1.52. The second kappa shape index (κ2) is 5.24. The van der Waals surface area contributed by atoms with Crippen molar-refractivity contribution in [1.29, 1.82) is 0 Å². The van der Waals surface area contributed by atoms with Crippen molar-refractivity contribution in [1.82, 2.24) is 5.43 Å². The van der Waals surface area contributed by atoms with Crippen LogP contribution < -0.4 is 10.2 Å². The lowest BCUT2D eigenvalue weighted by molar-refractivity contribution is 0.373. The highest BCUT2D eigenvalue weighted by atomic mass is 16.5. The van der Waals surface area contributed by atoms with Crippen LogP contribution >= 0.6 is 0 Å². The molecule has 0 saturated heterocycles. The topological polar surface area (TPSA) is 53.8 Å². The summed E-state index contributed by atoms with van der Waals surface area (Å²) in [5, 5.41) is 13.4. The molecule has 0 heterocycles. The molecule has 0 aliphatic rings. The van der Waals surface area contributed by atoms with Crippen molar-refractivity contribution in [2.24, 2.45) is 5.10 Å². The Morgan fingerprint density at radius 3 is 2.80 bits per heavy atom. The number of hydrogen-bond donors (Lipinski definition) is 2. The molecule has 2 N–H and O–H groups in total. The van der Waals surface area contributed by atoms with Crippen molar-refractivity contribution in [3.05, 3.63) is 23.8 Å². The van der Waals surface area contributed by atoms with E-state index in [1.54, 1.807) is 24.4 Å². The lowest BCUT2D eigenvalue weighted by Crippen LogP contribution is -2.15. The average molecular weight is 208 g/mol. The van der Waals surface area contributed by atoms with Gasteiger partial charge in [-0.2, -0.15) is 5.10 Å². The Balaban J connectivity index is 2.74. The third kappa shape index (κ3) is 3.50. The van der Waals surface area contributed by atoms with E-state index in [4.69, 9.17) is 4.74 Å². The first-order valence-electron chi connectivity index (χ1n) is 4.79. The lowest BCUT2D eigenvalue weighted by atomic mass is 10.2. The van der Waals surface area contributed by atoms with Gasteiger partial charge in [0, 0.05) is 6.04 Å². The Kier molecular flexibility index (Phi) is 3.97. The molecule has 1 aromatic rings. The van der Waals surface area contributed by atoms with E-state index in [1.165, 1.54) is 7.11 Å². The summed E-state index contributed by atoms with van der Waals surface area (Å²) in [6, 6.07) is 5.38. The van der Waals surface area contributed by atoms with Crippen LogP contribution in [0.4, 0.5) is 0 Å². The van der Waals surface area contributed by atoms with Gasteiger partial charge >= 0.3 is 0 Å². The van der Waals surface area contributed by atoms with E-state index in [0.717, 1.165) is 5.56 Å². The number of benzene rings is 1. The van der Waals surface area contributed by atoms with Crippen LogP contribution in [-0.4, -0.2) is 24.5 Å². The van der Waals surface area contributed by atoms with Gasteiger partial charge in [0.15, 0.2) is 11.5 Å². The molecule has 0 atom stereocenters. The van der Waals surface area contributed by atoms with Gasteiger partial charge < -0.3 is 15.3 Å². The van der Waals surface area contributed by atoms with Crippen molar-refractivity contribution in [3.63, 3.8) is 0 Å². The molecule has 82 valence electrons. The van der Waals surface area contributed by atoms with E-state index in [9.17, 15) is 5.11 Å². The van der Waals surface area contributed by atoms with Gasteiger partial charge in [0.1, 0.15) is 0 Å². The summed E-state index contributed by atoms with van der Waals surface area (Å²) in [6.45, 7) is 4.02.